The second-order valence-electron chi connectivity index (χ2n) is 17.3. The van der Waals surface area contributed by atoms with Gasteiger partial charge in [-0.05, 0) is 113 Å². The number of fused-ring (bicyclic) bond motifs is 4. The van der Waals surface area contributed by atoms with Crippen LogP contribution in [0.3, 0.4) is 0 Å². The summed E-state index contributed by atoms with van der Waals surface area (Å²) >= 11 is 0. The van der Waals surface area contributed by atoms with E-state index in [0.29, 0.717) is 11.7 Å². The Balaban J connectivity index is 1.00. The Hall–Kier alpha value is -7.22. The number of amidine groups is 2. The molecular weight excluding hydrogens is 785 g/mol. The van der Waals surface area contributed by atoms with Crippen molar-refractivity contribution < 1.29 is 0 Å². The van der Waals surface area contributed by atoms with E-state index in [-0.39, 0.29) is 17.5 Å². The molecule has 2 heterocycles. The van der Waals surface area contributed by atoms with Crippen LogP contribution >= 0.6 is 0 Å². The molecule has 7 heteroatoms. The van der Waals surface area contributed by atoms with Gasteiger partial charge in [-0.2, -0.15) is 0 Å². The molecule has 0 saturated heterocycles. The molecule has 4 N–H and O–H groups in total. The van der Waals surface area contributed by atoms with Crippen LogP contribution in [0.2, 0.25) is 5.54 Å². The number of rotatable bonds is 7. The molecule has 0 aromatic heterocycles. The van der Waals surface area contributed by atoms with Gasteiger partial charge in [0.15, 0.2) is 13.9 Å². The Labute approximate surface area is 372 Å². The molecule has 0 saturated carbocycles. The smallest absolute Gasteiger partial charge is 0.159 e. The van der Waals surface area contributed by atoms with E-state index in [0.717, 1.165) is 62.4 Å². The van der Waals surface area contributed by atoms with Gasteiger partial charge in [0.05, 0.1) is 17.4 Å². The third kappa shape index (κ3) is 6.71. The molecule has 2 aliphatic heterocycles. The minimum absolute atomic E-state index is 0.0997. The van der Waals surface area contributed by atoms with Crippen LogP contribution in [0.15, 0.2) is 203 Å². The molecule has 6 nitrogen and oxygen atoms in total. The van der Waals surface area contributed by atoms with Crippen molar-refractivity contribution in [3.8, 4) is 0 Å². The van der Waals surface area contributed by atoms with Gasteiger partial charge in [0, 0.05) is 33.7 Å². The van der Waals surface area contributed by atoms with E-state index in [2.05, 4.69) is 236 Å². The van der Waals surface area contributed by atoms with Gasteiger partial charge in [-0.15, -0.1) is 10.2 Å². The minimum Gasteiger partial charge on any atom is -0.382 e. The van der Waals surface area contributed by atoms with Crippen molar-refractivity contribution in [1.82, 2.24) is 0 Å². The summed E-state index contributed by atoms with van der Waals surface area (Å²) in [5, 5.41) is 13.5. The maximum absolute atomic E-state index is 6.89. The molecule has 0 amide bonds. The molecule has 2 aliphatic carbocycles. The van der Waals surface area contributed by atoms with Crippen molar-refractivity contribution in [3.05, 3.63) is 221 Å². The lowest BCUT2D eigenvalue weighted by Crippen LogP contribution is -2.75. The summed E-state index contributed by atoms with van der Waals surface area (Å²) in [6.07, 6.45) is 16.9. The van der Waals surface area contributed by atoms with Crippen LogP contribution in [0, 0.1) is 19.8 Å². The normalized spacial score (nSPS) is 20.1. The highest BCUT2D eigenvalue weighted by molar-refractivity contribution is 7.13. The topological polar surface area (TPSA) is 83.2 Å². The number of hydrogen-bond donors (Lipinski definition) is 2. The van der Waals surface area contributed by atoms with Crippen LogP contribution in [0.4, 0.5) is 22.7 Å². The van der Waals surface area contributed by atoms with Crippen molar-refractivity contribution in [2.75, 3.05) is 9.80 Å². The fourth-order valence-electron chi connectivity index (χ4n) is 11.0. The Kier molecular flexibility index (Phi) is 10.3. The van der Waals surface area contributed by atoms with E-state index >= 15 is 0 Å². The maximum Gasteiger partial charge on any atom is 0.159 e. The van der Waals surface area contributed by atoms with Gasteiger partial charge in [-0.25, -0.2) is 0 Å². The molecular formula is C56H52N6Si. The number of hydrogen-bond acceptors (Lipinski definition) is 4. The molecule has 310 valence electrons. The number of allylic oxidation sites excluding steroid dienone is 5. The first-order valence-corrected chi connectivity index (χ1v) is 24.0. The molecule has 6 aromatic carbocycles. The summed E-state index contributed by atoms with van der Waals surface area (Å²) in [6.45, 7) is 8.58. The predicted octanol–water partition coefficient (Wildman–Crippen LogP) is 10.3. The average molecular weight is 837 g/mol. The largest absolute Gasteiger partial charge is 0.382 e. The standard InChI is InChI=1S/C56H52N6Si/c1-37-33-43(61-47-25-13-11-19-41(47)31-32-42-20-12-14-26-48(42)61)34-38(2)53(37)55(57)59-60-56(58)54-39(3)35-44(36-40(54)4)62-49-27-15-17-29-51(49)63(45-21-7-5-8-22-45,46-23-9-6-10-24-46)52-30-18-16-28-50(52)62/h5-35,40,49,51H,36H2,1-4H3,(H2,57,59)(H2,58,60). The zero-order valence-electron chi connectivity index (χ0n) is 36.3. The zero-order valence-corrected chi connectivity index (χ0v) is 37.3. The zero-order chi connectivity index (χ0) is 43.2. The molecule has 4 aliphatic rings. The minimum atomic E-state index is -2.58. The van der Waals surface area contributed by atoms with Gasteiger partial charge in [-0.3, -0.25) is 0 Å². The first-order chi connectivity index (χ1) is 30.8. The highest BCUT2D eigenvalue weighted by Crippen LogP contribution is 2.46. The van der Waals surface area contributed by atoms with Gasteiger partial charge in [0.1, 0.15) is 5.84 Å². The lowest BCUT2D eigenvalue weighted by atomic mass is 9.85. The SMILES string of the molecule is CC1=C(/C(N)=N/N=C(\N)c2c(C)cc(N3c4ccccc4C=Cc4ccccc43)cc2C)C(C)CC(N2c3ccccc3[Si](c3ccccc3)(c3ccccc3)C3C=CC=CC32)=C1. The summed E-state index contributed by atoms with van der Waals surface area (Å²) in [7, 11) is -2.58. The second-order valence-corrected chi connectivity index (χ2v) is 21.2. The lowest BCUT2D eigenvalue weighted by molar-refractivity contribution is 0.623. The van der Waals surface area contributed by atoms with Crippen LogP contribution < -0.4 is 36.8 Å². The molecule has 3 unspecified atom stereocenters. The van der Waals surface area contributed by atoms with Crippen molar-refractivity contribution in [1.29, 1.82) is 0 Å². The first kappa shape index (κ1) is 39.9. The summed E-state index contributed by atoms with van der Waals surface area (Å²) in [5.74, 6) is 0.837. The monoisotopic (exact) mass is 836 g/mol. The second kappa shape index (κ2) is 16.2. The molecule has 0 fully saturated rings. The number of anilines is 4. The summed E-state index contributed by atoms with van der Waals surface area (Å²) in [4.78, 5) is 4.94. The number of benzene rings is 6. The van der Waals surface area contributed by atoms with Crippen molar-refractivity contribution >= 4 is 70.2 Å². The Morgan fingerprint density at radius 3 is 1.75 bits per heavy atom. The van der Waals surface area contributed by atoms with Gasteiger partial charge in [0.25, 0.3) is 0 Å². The number of nitrogens with zero attached hydrogens (tertiary/aromatic N) is 4. The van der Waals surface area contributed by atoms with Gasteiger partial charge >= 0.3 is 0 Å². The number of nitrogens with two attached hydrogens (primary N) is 2. The Morgan fingerprint density at radius 1 is 0.619 bits per heavy atom. The van der Waals surface area contributed by atoms with Crippen molar-refractivity contribution in [2.24, 2.45) is 27.6 Å². The fraction of sp³-hybridized carbons (Fsp3) is 0.143. The van der Waals surface area contributed by atoms with Crippen molar-refractivity contribution in [3.63, 3.8) is 0 Å². The van der Waals surface area contributed by atoms with E-state index in [9.17, 15) is 0 Å². The highest BCUT2D eigenvalue weighted by atomic mass is 28.3. The summed E-state index contributed by atoms with van der Waals surface area (Å²) in [5.41, 5.74) is 27.1. The molecule has 0 radical (unpaired) electrons. The van der Waals surface area contributed by atoms with Crippen LogP contribution in [0.25, 0.3) is 12.2 Å². The molecule has 10 rings (SSSR count). The summed E-state index contributed by atoms with van der Waals surface area (Å²) < 4.78 is 0. The van der Waals surface area contributed by atoms with Gasteiger partial charge < -0.3 is 21.3 Å². The number of aryl methyl sites for hydroxylation is 2. The molecule has 0 bridgehead atoms. The van der Waals surface area contributed by atoms with Gasteiger partial charge in [0.2, 0.25) is 0 Å². The summed E-state index contributed by atoms with van der Waals surface area (Å²) in [6, 6.07) is 53.2. The van der Waals surface area contributed by atoms with E-state index < -0.39 is 8.07 Å². The van der Waals surface area contributed by atoms with E-state index in [1.54, 1.807) is 0 Å². The van der Waals surface area contributed by atoms with E-state index in [1.165, 1.54) is 26.9 Å². The van der Waals surface area contributed by atoms with Crippen LogP contribution in [-0.4, -0.2) is 25.8 Å². The van der Waals surface area contributed by atoms with Crippen LogP contribution in [-0.2, 0) is 0 Å². The average Bonchev–Trinajstić information content (AvgIpc) is 3.47. The lowest BCUT2D eigenvalue weighted by Gasteiger charge is -2.54. The Morgan fingerprint density at radius 2 is 1.14 bits per heavy atom. The van der Waals surface area contributed by atoms with E-state index in [4.69, 9.17) is 11.5 Å². The van der Waals surface area contributed by atoms with Crippen LogP contribution in [0.1, 0.15) is 48.1 Å². The van der Waals surface area contributed by atoms with Crippen LogP contribution in [0.5, 0.6) is 0 Å². The molecule has 0 spiro atoms. The highest BCUT2D eigenvalue weighted by Gasteiger charge is 2.55. The third-order valence-corrected chi connectivity index (χ3v) is 18.7. The predicted molar refractivity (Wildman–Crippen MR) is 269 cm³/mol. The molecule has 3 atom stereocenters. The van der Waals surface area contributed by atoms with Crippen molar-refractivity contribution in [2.45, 2.75) is 45.7 Å². The quantitative estimate of drug-likeness (QED) is 0.0725. The molecule has 6 aromatic rings. The van der Waals surface area contributed by atoms with E-state index in [1.807, 2.05) is 0 Å². The fourth-order valence-corrected chi connectivity index (χ4v) is 16.6. The first-order valence-electron chi connectivity index (χ1n) is 22.0. The molecule has 63 heavy (non-hydrogen) atoms. The maximum atomic E-state index is 6.89. The third-order valence-electron chi connectivity index (χ3n) is 13.4. The number of para-hydroxylation sites is 3. The Bertz CT molecular complexity index is 2860. The van der Waals surface area contributed by atoms with Gasteiger partial charge in [-0.1, -0.05) is 159 Å².